The molecule has 2 rings (SSSR count). The summed E-state index contributed by atoms with van der Waals surface area (Å²) in [7, 11) is 0. The largest absolute Gasteiger partial charge is 0.378 e. The van der Waals surface area contributed by atoms with Crippen LogP contribution in [-0.2, 0) is 9.53 Å². The Bertz CT molecular complexity index is 452. The van der Waals surface area contributed by atoms with E-state index in [-0.39, 0.29) is 11.7 Å². The number of nitrogens with zero attached hydrogens (tertiary/aromatic N) is 1. The second-order valence-electron chi connectivity index (χ2n) is 3.97. The predicted octanol–water partition coefficient (Wildman–Crippen LogP) is 2.73. The third-order valence-electron chi connectivity index (χ3n) is 2.78. The van der Waals surface area contributed by atoms with Crippen molar-refractivity contribution in [3.8, 4) is 0 Å². The van der Waals surface area contributed by atoms with Gasteiger partial charge in [-0.1, -0.05) is 22.0 Å². The van der Waals surface area contributed by atoms with Crippen LogP contribution in [0.2, 0.25) is 0 Å². The molecule has 1 unspecified atom stereocenters. The molecule has 1 atom stereocenters. The zero-order chi connectivity index (χ0) is 13.1. The highest BCUT2D eigenvalue weighted by molar-refractivity contribution is 9.10. The van der Waals surface area contributed by atoms with E-state index < -0.39 is 5.38 Å². The average Bonchev–Trinajstić information content (AvgIpc) is 2.38. The van der Waals surface area contributed by atoms with Crippen molar-refractivity contribution < 1.29 is 13.9 Å². The molecule has 6 heteroatoms. The van der Waals surface area contributed by atoms with Crippen molar-refractivity contribution in [1.82, 2.24) is 4.90 Å². The van der Waals surface area contributed by atoms with E-state index in [9.17, 15) is 9.18 Å². The van der Waals surface area contributed by atoms with Crippen LogP contribution >= 0.6 is 27.5 Å². The van der Waals surface area contributed by atoms with Gasteiger partial charge >= 0.3 is 0 Å². The second kappa shape index (κ2) is 5.99. The molecule has 98 valence electrons. The number of hydrogen-bond donors (Lipinski definition) is 0. The summed E-state index contributed by atoms with van der Waals surface area (Å²) in [5.41, 5.74) is 0.578. The second-order valence-corrected chi connectivity index (χ2v) is 5.26. The Hall–Kier alpha value is -0.650. The molecule has 0 aromatic heterocycles. The van der Waals surface area contributed by atoms with Gasteiger partial charge in [0.15, 0.2) is 0 Å². The highest BCUT2D eigenvalue weighted by Gasteiger charge is 2.26. The summed E-state index contributed by atoms with van der Waals surface area (Å²) in [6.45, 7) is 2.14. The Morgan fingerprint density at radius 1 is 1.44 bits per heavy atom. The Morgan fingerprint density at radius 2 is 2.11 bits per heavy atom. The van der Waals surface area contributed by atoms with Crippen molar-refractivity contribution in [2.45, 2.75) is 5.38 Å². The molecule has 1 fully saturated rings. The number of halogens is 3. The lowest BCUT2D eigenvalue weighted by Gasteiger charge is -2.28. The van der Waals surface area contributed by atoms with E-state index in [1.807, 2.05) is 0 Å². The van der Waals surface area contributed by atoms with Crippen LogP contribution in [0.25, 0.3) is 0 Å². The van der Waals surface area contributed by atoms with Crippen LogP contribution in [0.4, 0.5) is 4.39 Å². The molecule has 0 N–H and O–H groups in total. The van der Waals surface area contributed by atoms with Crippen molar-refractivity contribution >= 4 is 33.4 Å². The first kappa shape index (κ1) is 13.8. The van der Waals surface area contributed by atoms with Crippen molar-refractivity contribution in [2.24, 2.45) is 0 Å². The number of alkyl halides is 1. The van der Waals surface area contributed by atoms with Crippen LogP contribution in [-0.4, -0.2) is 37.1 Å². The van der Waals surface area contributed by atoms with Gasteiger partial charge in [0.1, 0.15) is 11.2 Å². The molecule has 0 bridgehead atoms. The third kappa shape index (κ3) is 3.02. The van der Waals surface area contributed by atoms with Crippen LogP contribution in [0.3, 0.4) is 0 Å². The van der Waals surface area contributed by atoms with E-state index >= 15 is 0 Å². The van der Waals surface area contributed by atoms with Gasteiger partial charge in [-0.05, 0) is 17.7 Å². The lowest BCUT2D eigenvalue weighted by molar-refractivity contribution is -0.134. The van der Waals surface area contributed by atoms with Gasteiger partial charge in [-0.2, -0.15) is 0 Å². The third-order valence-corrected chi connectivity index (χ3v) is 3.88. The van der Waals surface area contributed by atoms with Crippen LogP contribution in [0, 0.1) is 5.82 Å². The quantitative estimate of drug-likeness (QED) is 0.777. The Kier molecular flexibility index (Phi) is 4.59. The van der Waals surface area contributed by atoms with Crippen LogP contribution in [0.15, 0.2) is 22.7 Å². The van der Waals surface area contributed by atoms with E-state index in [2.05, 4.69) is 15.9 Å². The van der Waals surface area contributed by atoms with Gasteiger partial charge in [0, 0.05) is 17.6 Å². The minimum atomic E-state index is -0.807. The zero-order valence-corrected chi connectivity index (χ0v) is 11.9. The molecule has 1 aliphatic heterocycles. The fourth-order valence-corrected chi connectivity index (χ4v) is 2.82. The summed E-state index contributed by atoms with van der Waals surface area (Å²) in [6.07, 6.45) is 0. The fourth-order valence-electron chi connectivity index (χ4n) is 1.78. The Balaban J connectivity index is 2.14. The monoisotopic (exact) mass is 335 g/mol. The average molecular weight is 337 g/mol. The molecule has 18 heavy (non-hydrogen) atoms. The fraction of sp³-hybridized carbons (Fsp3) is 0.417. The molecule has 0 radical (unpaired) electrons. The molecule has 1 aromatic rings. The van der Waals surface area contributed by atoms with Gasteiger partial charge in [0.2, 0.25) is 5.91 Å². The molecule has 0 saturated carbocycles. The first-order valence-electron chi connectivity index (χ1n) is 5.55. The van der Waals surface area contributed by atoms with Gasteiger partial charge in [-0.25, -0.2) is 4.39 Å². The number of morpholine rings is 1. The maximum atomic E-state index is 13.0. The van der Waals surface area contributed by atoms with Gasteiger partial charge < -0.3 is 9.64 Å². The van der Waals surface area contributed by atoms with Crippen LogP contribution < -0.4 is 0 Å². The van der Waals surface area contributed by atoms with Crippen molar-refractivity contribution in [3.05, 3.63) is 34.1 Å². The lowest BCUT2D eigenvalue weighted by atomic mass is 10.1. The van der Waals surface area contributed by atoms with Crippen molar-refractivity contribution in [2.75, 3.05) is 26.3 Å². The molecule has 1 heterocycles. The topological polar surface area (TPSA) is 29.5 Å². The van der Waals surface area contributed by atoms with Gasteiger partial charge in [-0.3, -0.25) is 4.79 Å². The molecule has 1 saturated heterocycles. The number of carbonyl (C=O) groups is 1. The Morgan fingerprint density at radius 3 is 2.72 bits per heavy atom. The molecular formula is C12H12BrClFNO2. The standard InChI is InChI=1S/C12H12BrClFNO2/c13-10-7-8(15)1-2-9(10)11(14)12(17)16-3-5-18-6-4-16/h1-2,7,11H,3-6H2. The van der Waals surface area contributed by atoms with Gasteiger partial charge in [-0.15, -0.1) is 11.6 Å². The van der Waals surface area contributed by atoms with Crippen molar-refractivity contribution in [3.63, 3.8) is 0 Å². The summed E-state index contributed by atoms with van der Waals surface area (Å²) in [6, 6.07) is 4.12. The minimum absolute atomic E-state index is 0.174. The Labute approximate surface area is 118 Å². The van der Waals surface area contributed by atoms with Gasteiger partial charge in [0.25, 0.3) is 0 Å². The summed E-state index contributed by atoms with van der Waals surface area (Å²) in [5.74, 6) is -0.541. The van der Waals surface area contributed by atoms with Crippen molar-refractivity contribution in [1.29, 1.82) is 0 Å². The molecule has 0 aliphatic carbocycles. The van der Waals surface area contributed by atoms with E-state index in [0.717, 1.165) is 0 Å². The molecule has 1 amide bonds. The predicted molar refractivity (Wildman–Crippen MR) is 70.1 cm³/mol. The zero-order valence-electron chi connectivity index (χ0n) is 9.54. The highest BCUT2D eigenvalue weighted by atomic mass is 79.9. The molecule has 1 aliphatic rings. The normalized spacial score (nSPS) is 17.6. The summed E-state index contributed by atoms with van der Waals surface area (Å²) in [4.78, 5) is 13.8. The maximum absolute atomic E-state index is 13.0. The van der Waals surface area contributed by atoms with E-state index in [1.165, 1.54) is 18.2 Å². The number of carbonyl (C=O) groups excluding carboxylic acids is 1. The number of amides is 1. The molecule has 1 aromatic carbocycles. The lowest BCUT2D eigenvalue weighted by Crippen LogP contribution is -2.42. The number of hydrogen-bond acceptors (Lipinski definition) is 2. The van der Waals surface area contributed by atoms with Crippen LogP contribution in [0.5, 0.6) is 0 Å². The SMILES string of the molecule is O=C(C(Cl)c1ccc(F)cc1Br)N1CCOCC1. The summed E-state index contributed by atoms with van der Waals surface area (Å²) < 4.78 is 18.7. The van der Waals surface area contributed by atoms with E-state index in [0.29, 0.717) is 36.3 Å². The first-order chi connectivity index (χ1) is 8.59. The maximum Gasteiger partial charge on any atom is 0.245 e. The molecule has 0 spiro atoms. The summed E-state index contributed by atoms with van der Waals surface area (Å²) >= 11 is 9.38. The van der Waals surface area contributed by atoms with E-state index in [4.69, 9.17) is 16.3 Å². The minimum Gasteiger partial charge on any atom is -0.378 e. The van der Waals surface area contributed by atoms with Gasteiger partial charge in [0.05, 0.1) is 13.2 Å². The van der Waals surface area contributed by atoms with Crippen LogP contribution in [0.1, 0.15) is 10.9 Å². The first-order valence-corrected chi connectivity index (χ1v) is 6.78. The molecule has 3 nitrogen and oxygen atoms in total. The number of rotatable bonds is 2. The molecular weight excluding hydrogens is 324 g/mol. The number of ether oxygens (including phenoxy) is 1. The summed E-state index contributed by atoms with van der Waals surface area (Å²) in [5, 5.41) is -0.807. The highest BCUT2D eigenvalue weighted by Crippen LogP contribution is 2.30. The van der Waals surface area contributed by atoms with E-state index in [1.54, 1.807) is 4.90 Å². The smallest absolute Gasteiger partial charge is 0.245 e. The number of benzene rings is 1.